The molecule has 22 atom stereocenters. The highest BCUT2D eigenvalue weighted by atomic mass is 16.8. The average molecular weight is 911 g/mol. The van der Waals surface area contributed by atoms with E-state index in [4.69, 9.17) is 28.4 Å². The average Bonchev–Trinajstić information content (AvgIpc) is 3.21. The van der Waals surface area contributed by atoms with E-state index in [0.29, 0.717) is 19.3 Å². The maximum absolute atomic E-state index is 13.2. The number of aliphatic hydroxyl groups excluding tert-OH is 7. The second kappa shape index (κ2) is 16.7. The van der Waals surface area contributed by atoms with Gasteiger partial charge in [0.15, 0.2) is 25.0 Å². The number of rotatable bonds is 8. The maximum Gasteiger partial charge on any atom is 0.335 e. The van der Waals surface area contributed by atoms with E-state index in [9.17, 15) is 55.5 Å². The van der Waals surface area contributed by atoms with Gasteiger partial charge in [0, 0.05) is 0 Å². The summed E-state index contributed by atoms with van der Waals surface area (Å²) < 4.78 is 36.5. The number of allylic oxidation sites excluding steroid dienone is 2. The molecule has 0 spiro atoms. The molecular formula is C47H74O17. The van der Waals surface area contributed by atoms with Gasteiger partial charge in [-0.2, -0.15) is 0 Å². The molecule has 64 heavy (non-hydrogen) atoms. The molecule has 3 heterocycles. The molecule has 0 bridgehead atoms. The molecule has 7 fully saturated rings. The van der Waals surface area contributed by atoms with Crippen molar-refractivity contribution in [2.24, 2.45) is 50.2 Å². The Bertz CT molecular complexity index is 1810. The molecule has 0 amide bonds. The Balaban J connectivity index is 1.09. The molecule has 8 aliphatic rings. The molecule has 17 nitrogen and oxygen atoms in total. The first-order valence-electron chi connectivity index (χ1n) is 23.6. The minimum atomic E-state index is -2.00. The Morgan fingerprint density at radius 2 is 1.33 bits per heavy atom. The molecule has 364 valence electrons. The molecule has 9 N–H and O–H groups in total. The minimum absolute atomic E-state index is 0.00977. The van der Waals surface area contributed by atoms with Gasteiger partial charge in [0.2, 0.25) is 0 Å². The molecule has 0 aromatic rings. The third kappa shape index (κ3) is 7.45. The van der Waals surface area contributed by atoms with E-state index in [1.165, 1.54) is 12.5 Å². The van der Waals surface area contributed by atoms with Crippen molar-refractivity contribution >= 4 is 11.9 Å². The summed E-state index contributed by atoms with van der Waals surface area (Å²) in [6.07, 6.45) is -13.6. The van der Waals surface area contributed by atoms with Crippen LogP contribution in [0.25, 0.3) is 0 Å². The quantitative estimate of drug-likeness (QED) is 0.125. The normalized spacial score (nSPS) is 53.4. The number of aliphatic carboxylic acids is 2. The van der Waals surface area contributed by atoms with Crippen LogP contribution >= 0.6 is 0 Å². The maximum atomic E-state index is 13.2. The van der Waals surface area contributed by atoms with Gasteiger partial charge in [0.1, 0.15) is 54.9 Å². The Kier molecular flexibility index (Phi) is 12.7. The fourth-order valence-electron chi connectivity index (χ4n) is 14.8. The van der Waals surface area contributed by atoms with E-state index < -0.39 is 121 Å². The Labute approximate surface area is 375 Å². The zero-order valence-electron chi connectivity index (χ0n) is 38.5. The van der Waals surface area contributed by atoms with Gasteiger partial charge >= 0.3 is 11.9 Å². The smallest absolute Gasteiger partial charge is 0.335 e. The lowest BCUT2D eigenvalue weighted by molar-refractivity contribution is -0.390. The number of carbonyl (C=O) groups is 2. The summed E-state index contributed by atoms with van der Waals surface area (Å²) in [5, 5.41) is 96.4. The second-order valence-electron chi connectivity index (χ2n) is 23.0. The van der Waals surface area contributed by atoms with Crippen LogP contribution in [-0.4, -0.2) is 157 Å². The van der Waals surface area contributed by atoms with Crippen LogP contribution in [0.2, 0.25) is 0 Å². The number of fused-ring (bicyclic) bond motifs is 7. The van der Waals surface area contributed by atoms with Gasteiger partial charge in [-0.25, -0.2) is 4.79 Å². The molecule has 0 radical (unpaired) electrons. The molecule has 5 aliphatic carbocycles. The van der Waals surface area contributed by atoms with Gasteiger partial charge in [-0.3, -0.25) is 4.79 Å². The van der Waals surface area contributed by atoms with Gasteiger partial charge in [-0.05, 0) is 116 Å². The summed E-state index contributed by atoms with van der Waals surface area (Å²) in [5.41, 5.74) is -0.358. The van der Waals surface area contributed by atoms with E-state index in [2.05, 4.69) is 54.5 Å². The Morgan fingerprint density at radius 3 is 2.00 bits per heavy atom. The van der Waals surface area contributed by atoms with Crippen LogP contribution in [0, 0.1) is 50.2 Å². The van der Waals surface area contributed by atoms with E-state index >= 15 is 0 Å². The van der Waals surface area contributed by atoms with Gasteiger partial charge in [-0.15, -0.1) is 0 Å². The molecule has 17 heteroatoms. The number of aliphatic hydroxyl groups is 7. The fraction of sp³-hybridized carbons (Fsp3) is 0.915. The molecular weight excluding hydrogens is 837 g/mol. The van der Waals surface area contributed by atoms with Crippen molar-refractivity contribution in [1.82, 2.24) is 0 Å². The first kappa shape index (κ1) is 48.6. The predicted octanol–water partition coefficient (Wildman–Crippen LogP) is 2.47. The topological polar surface area (TPSA) is 272 Å². The summed E-state index contributed by atoms with van der Waals surface area (Å²) in [4.78, 5) is 25.9. The minimum Gasteiger partial charge on any atom is -0.481 e. The molecule has 3 aliphatic heterocycles. The monoisotopic (exact) mass is 910 g/mol. The summed E-state index contributed by atoms with van der Waals surface area (Å²) >= 11 is 0. The van der Waals surface area contributed by atoms with Gasteiger partial charge in [-0.1, -0.05) is 60.1 Å². The zero-order chi connectivity index (χ0) is 46.9. The third-order valence-electron chi connectivity index (χ3n) is 18.9. The van der Waals surface area contributed by atoms with Crippen LogP contribution < -0.4 is 0 Å². The summed E-state index contributed by atoms with van der Waals surface area (Å²) in [6, 6.07) is 0. The lowest BCUT2D eigenvalue weighted by Gasteiger charge is -2.71. The van der Waals surface area contributed by atoms with Crippen LogP contribution in [0.4, 0.5) is 0 Å². The number of ether oxygens (including phenoxy) is 6. The van der Waals surface area contributed by atoms with Crippen molar-refractivity contribution in [2.75, 3.05) is 6.61 Å². The molecule has 3 saturated heterocycles. The van der Waals surface area contributed by atoms with Crippen LogP contribution in [-0.2, 0) is 38.0 Å². The Hall–Kier alpha value is -1.84. The first-order chi connectivity index (χ1) is 29.7. The van der Waals surface area contributed by atoms with E-state index in [-0.39, 0.29) is 39.4 Å². The molecule has 8 rings (SSSR count). The van der Waals surface area contributed by atoms with Gasteiger partial charge in [0.05, 0.1) is 24.2 Å². The van der Waals surface area contributed by atoms with Crippen molar-refractivity contribution in [3.63, 3.8) is 0 Å². The highest BCUT2D eigenvalue weighted by molar-refractivity contribution is 5.76. The number of carboxylic acid groups (broad SMARTS) is 2. The zero-order valence-corrected chi connectivity index (χ0v) is 38.5. The van der Waals surface area contributed by atoms with Crippen molar-refractivity contribution in [3.8, 4) is 0 Å². The van der Waals surface area contributed by atoms with Gasteiger partial charge < -0.3 is 74.4 Å². The number of carboxylic acids is 2. The van der Waals surface area contributed by atoms with Crippen LogP contribution in [0.5, 0.6) is 0 Å². The molecule has 0 aromatic heterocycles. The summed E-state index contributed by atoms with van der Waals surface area (Å²) in [7, 11) is 0. The Morgan fingerprint density at radius 1 is 0.672 bits per heavy atom. The van der Waals surface area contributed by atoms with Crippen molar-refractivity contribution in [2.45, 2.75) is 212 Å². The van der Waals surface area contributed by atoms with Gasteiger partial charge in [0.25, 0.3) is 0 Å². The van der Waals surface area contributed by atoms with Crippen LogP contribution in [0.3, 0.4) is 0 Å². The van der Waals surface area contributed by atoms with E-state index in [1.54, 1.807) is 0 Å². The number of hydrogen-bond acceptors (Lipinski definition) is 15. The number of hydrogen-bond donors (Lipinski definition) is 9. The lowest BCUT2D eigenvalue weighted by Crippen LogP contribution is -2.68. The van der Waals surface area contributed by atoms with E-state index in [0.717, 1.165) is 44.9 Å². The highest BCUT2D eigenvalue weighted by Crippen LogP contribution is 2.76. The predicted molar refractivity (Wildman–Crippen MR) is 224 cm³/mol. The third-order valence-corrected chi connectivity index (χ3v) is 18.9. The van der Waals surface area contributed by atoms with Crippen molar-refractivity contribution in [1.29, 1.82) is 0 Å². The SMILES string of the molecule is C[C@@H]1O[C@@H](O[C@H]2[C@H](O)[C@@H](C(=O)O)O[C@@H](O[C@H]3CC[C@]4(C)[C@H]5CC=C6[C@@H]7CC(C)(C)CC[C@]7(C(=O)O)CC[C@@]6(C)[C@]5(C)CC[C@H]4C3(C)C)[C@@H]2O[C@@H]2OC[C@@H](O)[C@H](O)[C@H]2O)[C@H](O)[C@H](O)[C@H]1O. The first-order valence-corrected chi connectivity index (χ1v) is 23.6. The highest BCUT2D eigenvalue weighted by Gasteiger charge is 2.70. The van der Waals surface area contributed by atoms with E-state index in [1.807, 2.05) is 0 Å². The molecule has 0 aromatic carbocycles. The standard InChI is InChI=1S/C47H74O17/c1-21-28(49)30(51)32(53)39(60-21)62-34-33(54)35(37(55)56)63-40(36(34)64-38-31(52)29(50)24(48)20-59-38)61-27-12-13-44(6)25(43(27,4)5)11-14-46(8)26(44)10-9-22-23-19-42(2,3)15-17-47(23,41(57)58)18-16-45(22,46)7/h9,21,23-36,38-40,48-54H,10-20H2,1-8H3,(H,55,56)(H,57,58)/t21-,23-,24+,25-,26+,27-,28-,29-,30+,31+,32+,33-,34-,35-,36+,38-,39-,40+,44-,45+,46+,47-/m0/s1. The summed E-state index contributed by atoms with van der Waals surface area (Å²) in [6.45, 7) is 17.1. The largest absolute Gasteiger partial charge is 0.481 e. The summed E-state index contributed by atoms with van der Waals surface area (Å²) in [5.74, 6) is -1.85. The van der Waals surface area contributed by atoms with Crippen molar-refractivity contribution in [3.05, 3.63) is 11.6 Å². The fourth-order valence-corrected chi connectivity index (χ4v) is 14.8. The molecule has 0 unspecified atom stereocenters. The molecule has 4 saturated carbocycles. The lowest BCUT2D eigenvalue weighted by atomic mass is 9.33. The van der Waals surface area contributed by atoms with Crippen LogP contribution in [0.15, 0.2) is 11.6 Å². The second-order valence-corrected chi connectivity index (χ2v) is 23.0. The van der Waals surface area contributed by atoms with Crippen LogP contribution in [0.1, 0.15) is 120 Å². The van der Waals surface area contributed by atoms with Crippen molar-refractivity contribution < 1.29 is 84.0 Å².